The number of amides is 2. The Morgan fingerprint density at radius 2 is 1.84 bits per heavy atom. The van der Waals surface area contributed by atoms with E-state index in [4.69, 9.17) is 10.9 Å². The Morgan fingerprint density at radius 3 is 2.37 bits per heavy atom. The third-order valence-corrected chi connectivity index (χ3v) is 3.13. The summed E-state index contributed by atoms with van der Waals surface area (Å²) in [6, 6.07) is 5.66. The topological polar surface area (TPSA) is 132 Å². The molecule has 0 heterocycles. The van der Waals surface area contributed by atoms with Gasteiger partial charge in [0.15, 0.2) is 0 Å². The van der Waals surface area contributed by atoms with Crippen LogP contribution in [0.3, 0.4) is 0 Å². The lowest BCUT2D eigenvalue weighted by molar-refractivity contribution is -0.115. The predicted octanol–water partition coefficient (Wildman–Crippen LogP) is -0.296. The molecule has 5 N–H and O–H groups in total. The van der Waals surface area contributed by atoms with E-state index in [2.05, 4.69) is 5.32 Å². The molecule has 0 spiro atoms. The van der Waals surface area contributed by atoms with Crippen LogP contribution < -0.4 is 16.2 Å². The minimum atomic E-state index is -3.95. The van der Waals surface area contributed by atoms with Crippen molar-refractivity contribution in [1.82, 2.24) is 0 Å². The molecule has 102 valence electrons. The number of anilines is 1. The van der Waals surface area contributed by atoms with Crippen molar-refractivity contribution in [2.75, 3.05) is 5.32 Å². The van der Waals surface area contributed by atoms with Gasteiger partial charge in [0.1, 0.15) is 4.90 Å². The van der Waals surface area contributed by atoms with Gasteiger partial charge in [0.25, 0.3) is 5.91 Å². The number of rotatable bonds is 4. The molecule has 0 fully saturated rings. The molecule has 7 nitrogen and oxygen atoms in total. The van der Waals surface area contributed by atoms with Crippen molar-refractivity contribution in [2.24, 2.45) is 10.9 Å². The molecule has 2 amide bonds. The van der Waals surface area contributed by atoms with Crippen molar-refractivity contribution in [3.63, 3.8) is 0 Å². The molecule has 0 saturated heterocycles. The van der Waals surface area contributed by atoms with Crippen molar-refractivity contribution in [2.45, 2.75) is 11.8 Å². The quantitative estimate of drug-likeness (QED) is 0.654. The van der Waals surface area contributed by atoms with E-state index in [0.29, 0.717) is 0 Å². The van der Waals surface area contributed by atoms with Crippen LogP contribution in [0.25, 0.3) is 0 Å². The fraction of sp³-hybridized carbons (Fsp3) is 0.0909. The molecule has 0 aliphatic rings. The average Bonchev–Trinajstić information content (AvgIpc) is 2.27. The Labute approximate surface area is 110 Å². The number of nitrogens with two attached hydrogens (primary N) is 2. The molecule has 0 saturated carbocycles. The number of sulfonamides is 1. The summed E-state index contributed by atoms with van der Waals surface area (Å²) >= 11 is 0. The zero-order valence-corrected chi connectivity index (χ0v) is 10.9. The minimum Gasteiger partial charge on any atom is -0.366 e. The Bertz CT molecular complexity index is 650. The summed E-state index contributed by atoms with van der Waals surface area (Å²) in [6.07, 6.45) is 0.939. The van der Waals surface area contributed by atoms with Crippen LogP contribution in [0.4, 0.5) is 5.69 Å². The van der Waals surface area contributed by atoms with Gasteiger partial charge in [-0.25, -0.2) is 13.6 Å². The van der Waals surface area contributed by atoms with E-state index >= 15 is 0 Å². The molecular formula is C11H13N3O4S. The number of para-hydroxylation sites is 1. The maximum atomic E-state index is 11.7. The molecule has 0 aliphatic carbocycles. The smallest absolute Gasteiger partial charge is 0.251 e. The number of carbonyl (C=O) groups is 2. The summed E-state index contributed by atoms with van der Waals surface area (Å²) in [5.41, 5.74) is 5.00. The van der Waals surface area contributed by atoms with Gasteiger partial charge in [-0.15, -0.1) is 0 Å². The fourth-order valence-electron chi connectivity index (χ4n) is 1.32. The van der Waals surface area contributed by atoms with Crippen LogP contribution >= 0.6 is 0 Å². The third-order valence-electron chi connectivity index (χ3n) is 2.16. The maximum absolute atomic E-state index is 11.7. The summed E-state index contributed by atoms with van der Waals surface area (Å²) in [4.78, 5) is 22.1. The number of primary amides is 1. The lowest BCUT2D eigenvalue weighted by Gasteiger charge is -2.09. The minimum absolute atomic E-state index is 0.0345. The van der Waals surface area contributed by atoms with Crippen LogP contribution in [-0.4, -0.2) is 20.2 Å². The van der Waals surface area contributed by atoms with Crippen molar-refractivity contribution in [3.05, 3.63) is 35.9 Å². The molecular weight excluding hydrogens is 270 g/mol. The molecule has 8 heteroatoms. The van der Waals surface area contributed by atoms with Crippen LogP contribution in [-0.2, 0) is 19.6 Å². The molecule has 1 aromatic carbocycles. The van der Waals surface area contributed by atoms with Crippen LogP contribution in [0, 0.1) is 0 Å². The van der Waals surface area contributed by atoms with Gasteiger partial charge < -0.3 is 11.1 Å². The second-order valence-corrected chi connectivity index (χ2v) is 5.25. The fourth-order valence-corrected chi connectivity index (χ4v) is 2.01. The average molecular weight is 283 g/mol. The van der Waals surface area contributed by atoms with Crippen molar-refractivity contribution in [3.8, 4) is 0 Å². The second-order valence-electron chi connectivity index (χ2n) is 3.73. The number of hydrogen-bond donors (Lipinski definition) is 3. The molecule has 1 aromatic rings. The van der Waals surface area contributed by atoms with E-state index in [9.17, 15) is 18.0 Å². The lowest BCUT2D eigenvalue weighted by atomic mass is 10.2. The highest BCUT2D eigenvalue weighted by Gasteiger charge is 2.15. The first-order valence-corrected chi connectivity index (χ1v) is 6.67. The molecule has 0 radical (unpaired) electrons. The molecule has 0 unspecified atom stereocenters. The van der Waals surface area contributed by atoms with Gasteiger partial charge in [-0.1, -0.05) is 12.1 Å². The van der Waals surface area contributed by atoms with E-state index in [1.54, 1.807) is 0 Å². The SMILES string of the molecule is CC(=CC(N)=O)C(=O)Nc1ccccc1S(N)(=O)=O. The Balaban J connectivity index is 3.08. The standard InChI is InChI=1S/C11H13N3O4S/c1-7(6-10(12)15)11(16)14-8-4-2-3-5-9(8)19(13,17)18/h2-6H,1H3,(H2,12,15)(H,14,16)(H2,13,17,18). The van der Waals surface area contributed by atoms with E-state index in [1.807, 2.05) is 0 Å². The molecule has 0 bridgehead atoms. The highest BCUT2D eigenvalue weighted by molar-refractivity contribution is 7.89. The maximum Gasteiger partial charge on any atom is 0.251 e. The molecule has 1 rings (SSSR count). The number of benzene rings is 1. The van der Waals surface area contributed by atoms with E-state index < -0.39 is 21.8 Å². The van der Waals surface area contributed by atoms with Crippen molar-refractivity contribution in [1.29, 1.82) is 0 Å². The van der Waals surface area contributed by atoms with Crippen molar-refractivity contribution < 1.29 is 18.0 Å². The highest BCUT2D eigenvalue weighted by atomic mass is 32.2. The summed E-state index contributed by atoms with van der Waals surface area (Å²) in [7, 11) is -3.95. The summed E-state index contributed by atoms with van der Waals surface area (Å²) in [5.74, 6) is -1.41. The second kappa shape index (κ2) is 5.63. The number of nitrogens with one attached hydrogen (secondary N) is 1. The normalized spacial score (nSPS) is 12.0. The van der Waals surface area contributed by atoms with Gasteiger partial charge >= 0.3 is 0 Å². The zero-order chi connectivity index (χ0) is 14.6. The molecule has 19 heavy (non-hydrogen) atoms. The first-order valence-electron chi connectivity index (χ1n) is 5.12. The number of hydrogen-bond acceptors (Lipinski definition) is 4. The zero-order valence-electron chi connectivity index (χ0n) is 10.1. The lowest BCUT2D eigenvalue weighted by Crippen LogP contribution is -2.19. The van der Waals surface area contributed by atoms with Crippen LogP contribution in [0.15, 0.2) is 40.8 Å². The first kappa shape index (κ1) is 14.9. The molecule has 0 atom stereocenters. The van der Waals surface area contributed by atoms with Gasteiger partial charge in [0, 0.05) is 11.6 Å². The first-order chi connectivity index (χ1) is 8.71. The van der Waals surface area contributed by atoms with E-state index in [1.165, 1.54) is 31.2 Å². The summed E-state index contributed by atoms with van der Waals surface area (Å²) < 4.78 is 22.6. The molecule has 0 aromatic heterocycles. The number of primary sulfonamides is 1. The number of carbonyl (C=O) groups excluding carboxylic acids is 2. The largest absolute Gasteiger partial charge is 0.366 e. The van der Waals surface area contributed by atoms with Crippen LogP contribution in [0.1, 0.15) is 6.92 Å². The van der Waals surface area contributed by atoms with Gasteiger partial charge in [0.05, 0.1) is 5.69 Å². The summed E-state index contributed by atoms with van der Waals surface area (Å²) in [6.45, 7) is 1.37. The van der Waals surface area contributed by atoms with Gasteiger partial charge in [-0.2, -0.15) is 0 Å². The van der Waals surface area contributed by atoms with Gasteiger partial charge in [-0.05, 0) is 19.1 Å². The Hall–Kier alpha value is -2.19. The highest BCUT2D eigenvalue weighted by Crippen LogP contribution is 2.19. The van der Waals surface area contributed by atoms with Gasteiger partial charge in [-0.3, -0.25) is 9.59 Å². The third kappa shape index (κ3) is 4.19. The van der Waals surface area contributed by atoms with E-state index in [-0.39, 0.29) is 16.2 Å². The van der Waals surface area contributed by atoms with E-state index in [0.717, 1.165) is 6.08 Å². The van der Waals surface area contributed by atoms with Gasteiger partial charge in [0.2, 0.25) is 15.9 Å². The predicted molar refractivity (Wildman–Crippen MR) is 69.4 cm³/mol. The monoisotopic (exact) mass is 283 g/mol. The Morgan fingerprint density at radius 1 is 1.26 bits per heavy atom. The molecule has 0 aliphatic heterocycles. The van der Waals surface area contributed by atoms with Crippen molar-refractivity contribution >= 4 is 27.5 Å². The van der Waals surface area contributed by atoms with Crippen LogP contribution in [0.5, 0.6) is 0 Å². The summed E-state index contributed by atoms with van der Waals surface area (Å²) in [5, 5.41) is 7.37. The van der Waals surface area contributed by atoms with Crippen LogP contribution in [0.2, 0.25) is 0 Å². The Kier molecular flexibility index (Phi) is 4.41.